The first kappa shape index (κ1) is 11.6. The van der Waals surface area contributed by atoms with Crippen molar-refractivity contribution in [2.24, 2.45) is 0 Å². The van der Waals surface area contributed by atoms with E-state index in [-0.39, 0.29) is 4.32 Å². The molecule has 1 amide bonds. The number of hydrogen-bond donors (Lipinski definition) is 1. The molecular formula is C6H8N2O3S3. The zero-order chi connectivity index (χ0) is 10.9. The molecule has 1 fully saturated rings. The summed E-state index contributed by atoms with van der Waals surface area (Å²) in [4.78, 5) is 13.9. The Morgan fingerprint density at radius 3 is 2.50 bits per heavy atom. The number of nitrogens with one attached hydrogen (secondary N) is 1. The number of thiocarbonyl (C=S) groups is 1. The second-order valence-corrected chi connectivity index (χ2v) is 5.93. The molecule has 0 aliphatic carbocycles. The van der Waals surface area contributed by atoms with Crippen LogP contribution in [0, 0.1) is 0 Å². The van der Waals surface area contributed by atoms with E-state index in [0.717, 1.165) is 23.0 Å². The van der Waals surface area contributed by atoms with E-state index < -0.39 is 15.9 Å². The van der Waals surface area contributed by atoms with Gasteiger partial charge in [-0.25, -0.2) is 13.4 Å². The van der Waals surface area contributed by atoms with Gasteiger partial charge in [-0.2, -0.15) is 0 Å². The van der Waals surface area contributed by atoms with Crippen LogP contribution in [0.1, 0.15) is 6.92 Å². The fourth-order valence-electron chi connectivity index (χ4n) is 0.803. The lowest BCUT2D eigenvalue weighted by Gasteiger charge is -2.13. The molecular weight excluding hydrogens is 244 g/mol. The van der Waals surface area contributed by atoms with Crippen molar-refractivity contribution in [2.45, 2.75) is 6.92 Å². The molecule has 8 heteroatoms. The number of carbonyl (C=O) groups excluding carboxylic acids is 1. The third kappa shape index (κ3) is 2.53. The summed E-state index contributed by atoms with van der Waals surface area (Å²) >= 11 is 5.89. The van der Waals surface area contributed by atoms with Gasteiger partial charge in [0.1, 0.15) is 0 Å². The molecule has 0 atom stereocenters. The first-order valence-corrected chi connectivity index (χ1v) is 6.67. The molecule has 78 valence electrons. The predicted molar refractivity (Wildman–Crippen MR) is 58.8 cm³/mol. The highest BCUT2D eigenvalue weighted by Gasteiger charge is 2.33. The topological polar surface area (TPSA) is 66.5 Å². The summed E-state index contributed by atoms with van der Waals surface area (Å²) in [5, 5.41) is 0.852. The average molecular weight is 252 g/mol. The van der Waals surface area contributed by atoms with Gasteiger partial charge in [0.15, 0.2) is 4.32 Å². The maximum Gasteiger partial charge on any atom is 0.281 e. The second kappa shape index (κ2) is 3.97. The summed E-state index contributed by atoms with van der Waals surface area (Å²) in [6, 6.07) is 0. The molecule has 1 N–H and O–H groups in total. The number of hydrazine groups is 1. The number of sulfonamides is 1. The quantitative estimate of drug-likeness (QED) is 0.562. The molecule has 5 nitrogen and oxygen atoms in total. The number of rotatable bonds is 2. The largest absolute Gasteiger partial charge is 0.281 e. The third-order valence-electron chi connectivity index (χ3n) is 1.31. The minimum atomic E-state index is -3.48. The molecule has 1 aliphatic rings. The SMILES string of the molecule is CC=C1SC(=S)N(NS(C)(=O)=O)C1=O. The molecule has 0 radical (unpaired) electrons. The third-order valence-corrected chi connectivity index (χ3v) is 3.25. The highest BCUT2D eigenvalue weighted by Crippen LogP contribution is 2.29. The number of amides is 1. The maximum atomic E-state index is 11.4. The Balaban J connectivity index is 2.92. The van der Waals surface area contributed by atoms with Gasteiger partial charge < -0.3 is 0 Å². The molecule has 14 heavy (non-hydrogen) atoms. The lowest BCUT2D eigenvalue weighted by Crippen LogP contribution is -2.44. The van der Waals surface area contributed by atoms with Crippen LogP contribution in [0.2, 0.25) is 0 Å². The number of allylic oxidation sites excluding steroid dienone is 1. The van der Waals surface area contributed by atoms with Crippen molar-refractivity contribution in [3.05, 3.63) is 11.0 Å². The van der Waals surface area contributed by atoms with Gasteiger partial charge in [-0.3, -0.25) is 4.79 Å². The van der Waals surface area contributed by atoms with Crippen LogP contribution in [0.15, 0.2) is 11.0 Å². The van der Waals surface area contributed by atoms with Crippen molar-refractivity contribution in [1.29, 1.82) is 0 Å². The molecule has 1 saturated heterocycles. The normalized spacial score (nSPS) is 21.0. The highest BCUT2D eigenvalue weighted by molar-refractivity contribution is 8.26. The zero-order valence-corrected chi connectivity index (χ0v) is 9.92. The molecule has 1 heterocycles. The van der Waals surface area contributed by atoms with Crippen LogP contribution >= 0.6 is 24.0 Å². The standard InChI is InChI=1S/C6H8N2O3S3/c1-3-4-5(9)8(6(12)13-4)7-14(2,10)11/h3,7H,1-2H3. The van der Waals surface area contributed by atoms with Gasteiger partial charge in [0.05, 0.1) is 11.2 Å². The van der Waals surface area contributed by atoms with E-state index in [2.05, 4.69) is 0 Å². The van der Waals surface area contributed by atoms with Crippen LogP contribution in [0.25, 0.3) is 0 Å². The Hall–Kier alpha value is -0.440. The van der Waals surface area contributed by atoms with Gasteiger partial charge in [-0.15, -0.1) is 4.83 Å². The monoisotopic (exact) mass is 252 g/mol. The van der Waals surface area contributed by atoms with Gasteiger partial charge in [-0.05, 0) is 6.92 Å². The second-order valence-electron chi connectivity index (χ2n) is 2.52. The van der Waals surface area contributed by atoms with Crippen LogP contribution in [-0.2, 0) is 14.8 Å². The average Bonchev–Trinajstić information content (AvgIpc) is 2.29. The van der Waals surface area contributed by atoms with Crippen molar-refractivity contribution in [3.63, 3.8) is 0 Å². The van der Waals surface area contributed by atoms with Crippen molar-refractivity contribution < 1.29 is 13.2 Å². The van der Waals surface area contributed by atoms with Gasteiger partial charge in [0, 0.05) is 0 Å². The first-order valence-electron chi connectivity index (χ1n) is 3.55. The van der Waals surface area contributed by atoms with Crippen LogP contribution in [-0.4, -0.2) is 29.9 Å². The van der Waals surface area contributed by atoms with Crippen molar-refractivity contribution in [1.82, 2.24) is 9.84 Å². The van der Waals surface area contributed by atoms with Crippen LogP contribution < -0.4 is 4.83 Å². The summed E-state index contributed by atoms with van der Waals surface area (Å²) in [7, 11) is -3.48. The number of carbonyl (C=O) groups is 1. The Kier molecular flexibility index (Phi) is 3.30. The minimum Gasteiger partial charge on any atom is -0.267 e. The molecule has 0 aromatic rings. The molecule has 1 aliphatic heterocycles. The lowest BCUT2D eigenvalue weighted by atomic mass is 10.5. The van der Waals surface area contributed by atoms with Crippen LogP contribution in [0.4, 0.5) is 0 Å². The van der Waals surface area contributed by atoms with E-state index in [1.807, 2.05) is 4.83 Å². The molecule has 0 aromatic heterocycles. The fraction of sp³-hybridized carbons (Fsp3) is 0.333. The predicted octanol–water partition coefficient (Wildman–Crippen LogP) is 0.215. The molecule has 1 rings (SSSR count). The summed E-state index contributed by atoms with van der Waals surface area (Å²) < 4.78 is 21.9. The lowest BCUT2D eigenvalue weighted by molar-refractivity contribution is -0.123. The summed E-state index contributed by atoms with van der Waals surface area (Å²) in [5.74, 6) is -0.437. The summed E-state index contributed by atoms with van der Waals surface area (Å²) in [5.41, 5.74) is 0. The Labute approximate surface area is 91.6 Å². The highest BCUT2D eigenvalue weighted by atomic mass is 32.2. The van der Waals surface area contributed by atoms with Crippen molar-refractivity contribution >= 4 is 44.2 Å². The number of nitrogens with zero attached hydrogens (tertiary/aromatic N) is 1. The smallest absolute Gasteiger partial charge is 0.267 e. The first-order chi connectivity index (χ1) is 6.35. The molecule has 0 saturated carbocycles. The van der Waals surface area contributed by atoms with Crippen molar-refractivity contribution in [2.75, 3.05) is 6.26 Å². The molecule has 0 spiro atoms. The van der Waals surface area contributed by atoms with Crippen molar-refractivity contribution in [3.8, 4) is 0 Å². The molecule has 0 unspecified atom stereocenters. The van der Waals surface area contributed by atoms with Gasteiger partial charge in [-0.1, -0.05) is 30.1 Å². The molecule has 0 bridgehead atoms. The number of thioether (sulfide) groups is 1. The Bertz CT molecular complexity index is 412. The molecule has 0 aromatic carbocycles. The van der Waals surface area contributed by atoms with E-state index in [9.17, 15) is 13.2 Å². The Morgan fingerprint density at radius 2 is 2.14 bits per heavy atom. The number of hydrogen-bond acceptors (Lipinski definition) is 5. The van der Waals surface area contributed by atoms with E-state index >= 15 is 0 Å². The van der Waals surface area contributed by atoms with E-state index in [1.54, 1.807) is 13.0 Å². The van der Waals surface area contributed by atoms with E-state index in [0.29, 0.717) is 4.91 Å². The van der Waals surface area contributed by atoms with Crippen LogP contribution in [0.5, 0.6) is 0 Å². The van der Waals surface area contributed by atoms with Gasteiger partial charge >= 0.3 is 0 Å². The van der Waals surface area contributed by atoms with Gasteiger partial charge in [0.25, 0.3) is 5.91 Å². The van der Waals surface area contributed by atoms with Crippen LogP contribution in [0.3, 0.4) is 0 Å². The summed E-state index contributed by atoms with van der Waals surface area (Å²) in [6.45, 7) is 1.69. The van der Waals surface area contributed by atoms with Gasteiger partial charge in [0.2, 0.25) is 10.0 Å². The fourth-order valence-corrected chi connectivity index (χ4v) is 2.53. The van der Waals surface area contributed by atoms with E-state index in [1.165, 1.54) is 0 Å². The zero-order valence-electron chi connectivity index (χ0n) is 7.47. The Morgan fingerprint density at radius 1 is 1.57 bits per heavy atom. The van der Waals surface area contributed by atoms with E-state index in [4.69, 9.17) is 12.2 Å². The minimum absolute atomic E-state index is 0.188. The summed E-state index contributed by atoms with van der Waals surface area (Å²) in [6.07, 6.45) is 2.55. The maximum absolute atomic E-state index is 11.4.